The highest BCUT2D eigenvalue weighted by Gasteiger charge is 2.16. The summed E-state index contributed by atoms with van der Waals surface area (Å²) in [5, 5.41) is 6.28. The molecule has 1 saturated heterocycles. The van der Waals surface area contributed by atoms with Crippen LogP contribution in [0.25, 0.3) is 0 Å². The van der Waals surface area contributed by atoms with Gasteiger partial charge in [0.2, 0.25) is 5.91 Å². The van der Waals surface area contributed by atoms with Crippen LogP contribution in [0.4, 0.5) is 0 Å². The molecule has 0 aromatic heterocycles. The Hall–Kier alpha value is -0.620. The smallest absolute Gasteiger partial charge is 0.224 e. The van der Waals surface area contributed by atoms with Crippen molar-refractivity contribution in [3.8, 4) is 0 Å². The summed E-state index contributed by atoms with van der Waals surface area (Å²) in [6.45, 7) is 1.91. The Morgan fingerprint density at radius 2 is 2.44 bits per heavy atom. The first kappa shape index (κ1) is 11.9. The van der Waals surface area contributed by atoms with Gasteiger partial charge in [-0.3, -0.25) is 4.79 Å². The molecule has 1 amide bonds. The average Bonchev–Trinajstić information content (AvgIpc) is 2.70. The lowest BCUT2D eigenvalue weighted by Crippen LogP contribution is -2.37. The number of nitrogens with one attached hydrogen (secondary N) is 2. The molecule has 1 aliphatic heterocycles. The highest BCUT2D eigenvalue weighted by molar-refractivity contribution is 14.1. The maximum Gasteiger partial charge on any atom is 0.224 e. The van der Waals surface area contributed by atoms with Crippen LogP contribution in [0.1, 0.15) is 12.0 Å². The molecule has 1 aliphatic rings. The van der Waals surface area contributed by atoms with Crippen molar-refractivity contribution in [2.24, 2.45) is 0 Å². The molecule has 0 aliphatic carbocycles. The molecule has 0 bridgehead atoms. The molecular weight excluding hydrogens is 315 g/mol. The Bertz CT molecular complexity index is 375. The lowest BCUT2D eigenvalue weighted by Gasteiger charge is -2.11. The van der Waals surface area contributed by atoms with Crippen LogP contribution >= 0.6 is 22.6 Å². The summed E-state index contributed by atoms with van der Waals surface area (Å²) >= 11 is 2.26. The number of hydrogen-bond acceptors (Lipinski definition) is 2. The van der Waals surface area contributed by atoms with E-state index < -0.39 is 0 Å². The van der Waals surface area contributed by atoms with Gasteiger partial charge >= 0.3 is 0 Å². The molecule has 1 fully saturated rings. The molecule has 0 spiro atoms. The molecule has 16 heavy (non-hydrogen) atoms. The van der Waals surface area contributed by atoms with E-state index in [4.69, 9.17) is 0 Å². The molecule has 2 rings (SSSR count). The first-order chi connectivity index (χ1) is 7.74. The van der Waals surface area contributed by atoms with Gasteiger partial charge in [0.1, 0.15) is 0 Å². The van der Waals surface area contributed by atoms with Crippen LogP contribution in [-0.4, -0.2) is 25.0 Å². The van der Waals surface area contributed by atoms with Crippen molar-refractivity contribution in [1.29, 1.82) is 0 Å². The van der Waals surface area contributed by atoms with Crippen LogP contribution in [0, 0.1) is 3.57 Å². The Kier molecular flexibility index (Phi) is 4.17. The number of carbonyl (C=O) groups is 1. The van der Waals surface area contributed by atoms with E-state index in [1.165, 1.54) is 3.57 Å². The second-order valence-corrected chi connectivity index (χ2v) is 5.31. The summed E-state index contributed by atoms with van der Waals surface area (Å²) in [5.74, 6) is 0.121. The van der Waals surface area contributed by atoms with Crippen molar-refractivity contribution in [3.05, 3.63) is 33.4 Å². The van der Waals surface area contributed by atoms with Gasteiger partial charge < -0.3 is 10.6 Å². The molecule has 4 heteroatoms. The molecule has 1 aromatic rings. The van der Waals surface area contributed by atoms with E-state index in [9.17, 15) is 4.79 Å². The lowest BCUT2D eigenvalue weighted by atomic mass is 10.1. The summed E-state index contributed by atoms with van der Waals surface area (Å²) in [7, 11) is 0. The van der Waals surface area contributed by atoms with Gasteiger partial charge in [0.05, 0.1) is 6.42 Å². The Morgan fingerprint density at radius 1 is 1.56 bits per heavy atom. The molecule has 1 heterocycles. The summed E-state index contributed by atoms with van der Waals surface area (Å²) in [6.07, 6.45) is 1.52. The molecule has 1 unspecified atom stereocenters. The number of rotatable bonds is 3. The summed E-state index contributed by atoms with van der Waals surface area (Å²) in [4.78, 5) is 11.7. The second-order valence-electron chi connectivity index (χ2n) is 4.06. The van der Waals surface area contributed by atoms with Crippen molar-refractivity contribution < 1.29 is 4.79 Å². The third-order valence-corrected chi connectivity index (χ3v) is 3.35. The highest BCUT2D eigenvalue weighted by atomic mass is 127. The molecular formula is C12H15IN2O. The zero-order valence-corrected chi connectivity index (χ0v) is 11.2. The third kappa shape index (κ3) is 3.45. The van der Waals surface area contributed by atoms with Crippen LogP contribution in [-0.2, 0) is 11.2 Å². The first-order valence-electron chi connectivity index (χ1n) is 5.48. The van der Waals surface area contributed by atoms with Gasteiger partial charge in [0.25, 0.3) is 0 Å². The van der Waals surface area contributed by atoms with Crippen molar-refractivity contribution in [1.82, 2.24) is 10.6 Å². The number of carbonyl (C=O) groups excluding carboxylic acids is 1. The normalized spacial score (nSPS) is 19.7. The molecule has 1 atom stereocenters. The maximum atomic E-state index is 11.7. The summed E-state index contributed by atoms with van der Waals surface area (Å²) in [5.41, 5.74) is 1.08. The number of hydrogen-bond donors (Lipinski definition) is 2. The average molecular weight is 330 g/mol. The van der Waals surface area contributed by atoms with Gasteiger partial charge in [-0.1, -0.05) is 12.1 Å². The van der Waals surface area contributed by atoms with Crippen LogP contribution in [0.15, 0.2) is 24.3 Å². The largest absolute Gasteiger partial charge is 0.352 e. The van der Waals surface area contributed by atoms with E-state index in [2.05, 4.69) is 33.2 Å². The third-order valence-electron chi connectivity index (χ3n) is 2.68. The second kappa shape index (κ2) is 5.63. The lowest BCUT2D eigenvalue weighted by molar-refractivity contribution is -0.121. The van der Waals surface area contributed by atoms with E-state index in [1.807, 2.05) is 24.3 Å². The zero-order valence-electron chi connectivity index (χ0n) is 9.00. The van der Waals surface area contributed by atoms with Gasteiger partial charge in [-0.05, 0) is 53.3 Å². The van der Waals surface area contributed by atoms with E-state index in [1.54, 1.807) is 0 Å². The van der Waals surface area contributed by atoms with E-state index >= 15 is 0 Å². The maximum absolute atomic E-state index is 11.7. The predicted molar refractivity (Wildman–Crippen MR) is 72.3 cm³/mol. The molecule has 1 aromatic carbocycles. The van der Waals surface area contributed by atoms with Crippen LogP contribution < -0.4 is 10.6 Å². The predicted octanol–water partition coefficient (Wildman–Crippen LogP) is 1.31. The molecule has 2 N–H and O–H groups in total. The first-order valence-corrected chi connectivity index (χ1v) is 6.56. The Balaban J connectivity index is 1.86. The topological polar surface area (TPSA) is 41.1 Å². The van der Waals surface area contributed by atoms with Crippen LogP contribution in [0.3, 0.4) is 0 Å². The van der Waals surface area contributed by atoms with Crippen molar-refractivity contribution >= 4 is 28.5 Å². The monoisotopic (exact) mass is 330 g/mol. The van der Waals surface area contributed by atoms with Gasteiger partial charge in [-0.2, -0.15) is 0 Å². The Morgan fingerprint density at radius 3 is 3.12 bits per heavy atom. The number of halogens is 1. The van der Waals surface area contributed by atoms with E-state index in [0.29, 0.717) is 12.5 Å². The van der Waals surface area contributed by atoms with Crippen molar-refractivity contribution in [2.45, 2.75) is 18.9 Å². The minimum atomic E-state index is 0.121. The zero-order chi connectivity index (χ0) is 11.4. The molecule has 0 radical (unpaired) electrons. The SMILES string of the molecule is O=C(Cc1cccc(I)c1)NC1CCNC1. The molecule has 86 valence electrons. The van der Waals surface area contributed by atoms with Gasteiger partial charge in [-0.25, -0.2) is 0 Å². The van der Waals surface area contributed by atoms with Crippen LogP contribution in [0.5, 0.6) is 0 Å². The standard InChI is InChI=1S/C12H15IN2O/c13-10-3-1-2-9(6-10)7-12(16)15-11-4-5-14-8-11/h1-3,6,11,14H,4-5,7-8H2,(H,15,16). The summed E-state index contributed by atoms with van der Waals surface area (Å²) < 4.78 is 1.17. The summed E-state index contributed by atoms with van der Waals surface area (Å²) in [6, 6.07) is 8.38. The fourth-order valence-electron chi connectivity index (χ4n) is 1.89. The van der Waals surface area contributed by atoms with Gasteiger partial charge in [0.15, 0.2) is 0 Å². The minimum absolute atomic E-state index is 0.121. The van der Waals surface area contributed by atoms with E-state index in [0.717, 1.165) is 25.1 Å². The van der Waals surface area contributed by atoms with Gasteiger partial charge in [0, 0.05) is 16.2 Å². The molecule has 0 saturated carbocycles. The number of benzene rings is 1. The molecule has 3 nitrogen and oxygen atoms in total. The minimum Gasteiger partial charge on any atom is -0.352 e. The number of amides is 1. The quantitative estimate of drug-likeness (QED) is 0.821. The van der Waals surface area contributed by atoms with Crippen molar-refractivity contribution in [3.63, 3.8) is 0 Å². The van der Waals surface area contributed by atoms with E-state index in [-0.39, 0.29) is 5.91 Å². The Labute approximate surface area is 109 Å². The van der Waals surface area contributed by atoms with Gasteiger partial charge in [-0.15, -0.1) is 0 Å². The fraction of sp³-hybridized carbons (Fsp3) is 0.417. The van der Waals surface area contributed by atoms with Crippen LogP contribution in [0.2, 0.25) is 0 Å². The highest BCUT2D eigenvalue weighted by Crippen LogP contribution is 2.08. The van der Waals surface area contributed by atoms with Crippen molar-refractivity contribution in [2.75, 3.05) is 13.1 Å². The fourth-order valence-corrected chi connectivity index (χ4v) is 2.50.